The van der Waals surface area contributed by atoms with Gasteiger partial charge >= 0.3 is 6.03 Å². The fourth-order valence-electron chi connectivity index (χ4n) is 5.36. The molecule has 0 bridgehead atoms. The highest BCUT2D eigenvalue weighted by molar-refractivity contribution is 5.75. The second-order valence-corrected chi connectivity index (χ2v) is 10.4. The zero-order chi connectivity index (χ0) is 25.1. The van der Waals surface area contributed by atoms with Gasteiger partial charge in [0.1, 0.15) is 0 Å². The van der Waals surface area contributed by atoms with Gasteiger partial charge in [-0.15, -0.1) is 0 Å². The van der Waals surface area contributed by atoms with Gasteiger partial charge in [-0.3, -0.25) is 4.68 Å². The second-order valence-electron chi connectivity index (χ2n) is 10.4. The molecule has 1 aliphatic heterocycles. The lowest BCUT2D eigenvalue weighted by Gasteiger charge is -2.25. The SMILES string of the molecule is CCn1cc(Nc2nccc(-c3ccc4c(c3)CCCCC4NC(=O)N3CCC(C(C)C)C3)n2)cn1. The quantitative estimate of drug-likeness (QED) is 0.445. The largest absolute Gasteiger partial charge is 0.331 e. The molecule has 0 saturated carbocycles. The van der Waals surface area contributed by atoms with Crippen molar-refractivity contribution in [3.05, 3.63) is 54.0 Å². The Balaban J connectivity index is 1.32. The Hall–Kier alpha value is -3.42. The Labute approximate surface area is 213 Å². The van der Waals surface area contributed by atoms with Crippen LogP contribution in [0.2, 0.25) is 0 Å². The number of nitrogens with one attached hydrogen (secondary N) is 2. The van der Waals surface area contributed by atoms with Gasteiger partial charge < -0.3 is 15.5 Å². The summed E-state index contributed by atoms with van der Waals surface area (Å²) in [5, 5.41) is 10.9. The maximum absolute atomic E-state index is 13.1. The molecule has 1 aromatic carbocycles. The van der Waals surface area contributed by atoms with Crippen LogP contribution in [-0.2, 0) is 13.0 Å². The van der Waals surface area contributed by atoms with E-state index in [1.807, 2.05) is 21.8 Å². The Bertz CT molecular complexity index is 1200. The highest BCUT2D eigenvalue weighted by Gasteiger charge is 2.30. The van der Waals surface area contributed by atoms with Gasteiger partial charge in [0.05, 0.1) is 23.6 Å². The molecule has 2 atom stereocenters. The van der Waals surface area contributed by atoms with Gasteiger partial charge in [0.15, 0.2) is 0 Å². The minimum absolute atomic E-state index is 0.0554. The second kappa shape index (κ2) is 10.7. The summed E-state index contributed by atoms with van der Waals surface area (Å²) in [7, 11) is 0. The maximum Gasteiger partial charge on any atom is 0.317 e. The molecule has 3 heterocycles. The van der Waals surface area contributed by atoms with Gasteiger partial charge in [0.25, 0.3) is 0 Å². The van der Waals surface area contributed by atoms with Crippen LogP contribution in [0.5, 0.6) is 0 Å². The number of nitrogens with zero attached hydrogens (tertiary/aromatic N) is 5. The molecule has 36 heavy (non-hydrogen) atoms. The van der Waals surface area contributed by atoms with Gasteiger partial charge in [-0.1, -0.05) is 32.4 Å². The first kappa shape index (κ1) is 24.3. The van der Waals surface area contributed by atoms with Crippen molar-refractivity contribution in [2.75, 3.05) is 18.4 Å². The van der Waals surface area contributed by atoms with E-state index in [4.69, 9.17) is 4.98 Å². The van der Waals surface area contributed by atoms with E-state index in [-0.39, 0.29) is 12.1 Å². The number of benzene rings is 1. The van der Waals surface area contributed by atoms with Gasteiger partial charge in [-0.2, -0.15) is 5.10 Å². The molecular formula is C28H37N7O. The van der Waals surface area contributed by atoms with Crippen molar-refractivity contribution in [1.29, 1.82) is 0 Å². The Kier molecular flexibility index (Phi) is 7.20. The van der Waals surface area contributed by atoms with E-state index in [2.05, 4.69) is 59.7 Å². The molecule has 0 spiro atoms. The summed E-state index contributed by atoms with van der Waals surface area (Å²) in [6.45, 7) is 9.10. The first-order valence-corrected chi connectivity index (χ1v) is 13.3. The summed E-state index contributed by atoms with van der Waals surface area (Å²) >= 11 is 0. The highest BCUT2D eigenvalue weighted by atomic mass is 16.2. The molecule has 2 N–H and O–H groups in total. The summed E-state index contributed by atoms with van der Waals surface area (Å²) in [4.78, 5) is 24.2. The van der Waals surface area contributed by atoms with Crippen LogP contribution in [0.1, 0.15) is 63.6 Å². The van der Waals surface area contributed by atoms with Crippen LogP contribution in [0.25, 0.3) is 11.3 Å². The number of likely N-dealkylation sites (tertiary alicyclic amines) is 1. The number of carbonyl (C=O) groups is 1. The third-order valence-electron chi connectivity index (χ3n) is 7.62. The van der Waals surface area contributed by atoms with Crippen LogP contribution in [0, 0.1) is 11.8 Å². The number of rotatable bonds is 6. The normalized spacial score (nSPS) is 19.7. The summed E-state index contributed by atoms with van der Waals surface area (Å²) in [6.07, 6.45) is 10.8. The van der Waals surface area contributed by atoms with E-state index >= 15 is 0 Å². The third kappa shape index (κ3) is 5.37. The average Bonchev–Trinajstić information content (AvgIpc) is 3.52. The summed E-state index contributed by atoms with van der Waals surface area (Å²) in [5.41, 5.74) is 5.35. The topological polar surface area (TPSA) is 88.0 Å². The fraction of sp³-hybridized carbons (Fsp3) is 0.500. The van der Waals surface area contributed by atoms with Crippen molar-refractivity contribution in [3.63, 3.8) is 0 Å². The molecule has 2 unspecified atom stereocenters. The molecule has 2 aliphatic rings. The van der Waals surface area contributed by atoms with Crippen LogP contribution in [0.4, 0.5) is 16.4 Å². The summed E-state index contributed by atoms with van der Waals surface area (Å²) in [6, 6.07) is 8.62. The zero-order valence-electron chi connectivity index (χ0n) is 21.6. The third-order valence-corrected chi connectivity index (χ3v) is 7.62. The van der Waals surface area contributed by atoms with Crippen LogP contribution < -0.4 is 10.6 Å². The lowest BCUT2D eigenvalue weighted by molar-refractivity contribution is 0.200. The minimum Gasteiger partial charge on any atom is -0.331 e. The fourth-order valence-corrected chi connectivity index (χ4v) is 5.36. The number of amides is 2. The van der Waals surface area contributed by atoms with Crippen LogP contribution >= 0.6 is 0 Å². The first-order valence-electron chi connectivity index (χ1n) is 13.3. The van der Waals surface area contributed by atoms with Crippen molar-refractivity contribution in [2.24, 2.45) is 11.8 Å². The van der Waals surface area contributed by atoms with E-state index in [0.717, 1.165) is 68.7 Å². The molecule has 5 rings (SSSR count). The maximum atomic E-state index is 13.1. The van der Waals surface area contributed by atoms with Crippen LogP contribution in [0.15, 0.2) is 42.9 Å². The molecule has 2 amide bonds. The number of aryl methyl sites for hydroxylation is 2. The van der Waals surface area contributed by atoms with Gasteiger partial charge in [0.2, 0.25) is 5.95 Å². The van der Waals surface area contributed by atoms with Crippen molar-refractivity contribution < 1.29 is 4.79 Å². The molecule has 1 saturated heterocycles. The van der Waals surface area contributed by atoms with Gasteiger partial charge in [-0.05, 0) is 67.7 Å². The molecule has 2 aromatic heterocycles. The monoisotopic (exact) mass is 487 g/mol. The van der Waals surface area contributed by atoms with E-state index in [9.17, 15) is 4.79 Å². The Morgan fingerprint density at radius 2 is 2.08 bits per heavy atom. The van der Waals surface area contributed by atoms with Crippen molar-refractivity contribution in [1.82, 2.24) is 30.0 Å². The average molecular weight is 488 g/mol. The Morgan fingerprint density at radius 3 is 2.86 bits per heavy atom. The lowest BCUT2D eigenvalue weighted by atomic mass is 9.95. The highest BCUT2D eigenvalue weighted by Crippen LogP contribution is 2.33. The van der Waals surface area contributed by atoms with Gasteiger partial charge in [-0.25, -0.2) is 14.8 Å². The Morgan fingerprint density at radius 1 is 1.19 bits per heavy atom. The van der Waals surface area contributed by atoms with Crippen molar-refractivity contribution >= 4 is 17.7 Å². The molecule has 8 heteroatoms. The molecular weight excluding hydrogens is 450 g/mol. The number of urea groups is 1. The predicted octanol–water partition coefficient (Wildman–Crippen LogP) is 5.56. The number of hydrogen-bond donors (Lipinski definition) is 2. The van der Waals surface area contributed by atoms with Crippen molar-refractivity contribution in [3.8, 4) is 11.3 Å². The summed E-state index contributed by atoms with van der Waals surface area (Å²) in [5.74, 6) is 1.77. The van der Waals surface area contributed by atoms with E-state index in [0.29, 0.717) is 17.8 Å². The molecule has 190 valence electrons. The zero-order valence-corrected chi connectivity index (χ0v) is 21.6. The number of aromatic nitrogens is 4. The molecule has 3 aromatic rings. The standard InChI is InChI=1S/C28H37N7O/c1-4-35-18-23(16-30-35)31-27-29-13-11-25(32-27)21-9-10-24-20(15-21)7-5-6-8-26(24)33-28(36)34-14-12-22(17-34)19(2)3/h9-11,13,15-16,18-19,22,26H,4-8,12,14,17H2,1-3H3,(H,33,36)(H,29,31,32). The lowest BCUT2D eigenvalue weighted by Crippen LogP contribution is -2.40. The number of anilines is 2. The van der Waals surface area contributed by atoms with E-state index in [1.54, 1.807) is 12.4 Å². The summed E-state index contributed by atoms with van der Waals surface area (Å²) < 4.78 is 1.86. The van der Waals surface area contributed by atoms with Crippen LogP contribution in [0.3, 0.4) is 0 Å². The van der Waals surface area contributed by atoms with Gasteiger partial charge in [0, 0.05) is 37.6 Å². The number of hydrogen-bond acceptors (Lipinski definition) is 5. The molecule has 0 radical (unpaired) electrons. The number of carbonyl (C=O) groups excluding carboxylic acids is 1. The first-order chi connectivity index (χ1) is 17.5. The van der Waals surface area contributed by atoms with Crippen molar-refractivity contribution in [2.45, 2.75) is 65.5 Å². The minimum atomic E-state index is 0.0554. The van der Waals surface area contributed by atoms with Crippen LogP contribution in [-0.4, -0.2) is 43.8 Å². The van der Waals surface area contributed by atoms with E-state index < -0.39 is 0 Å². The predicted molar refractivity (Wildman–Crippen MR) is 142 cm³/mol. The molecule has 8 nitrogen and oxygen atoms in total. The number of fused-ring (bicyclic) bond motifs is 1. The van der Waals surface area contributed by atoms with E-state index in [1.165, 1.54) is 11.1 Å². The smallest absolute Gasteiger partial charge is 0.317 e. The molecule has 1 fully saturated rings. The molecule has 1 aliphatic carbocycles.